The second kappa shape index (κ2) is 5.52. The summed E-state index contributed by atoms with van der Waals surface area (Å²) in [4.78, 5) is 20.5. The number of rotatable bonds is 4. The van der Waals surface area contributed by atoms with E-state index in [1.165, 1.54) is 0 Å². The highest BCUT2D eigenvalue weighted by atomic mass is 16.2. The molecule has 1 heterocycles. The van der Waals surface area contributed by atoms with Crippen LogP contribution in [0.4, 0.5) is 17.3 Å². The molecule has 1 aromatic heterocycles. The maximum absolute atomic E-state index is 11.8. The van der Waals surface area contributed by atoms with E-state index in [0.717, 1.165) is 35.6 Å². The second-order valence-corrected chi connectivity index (χ2v) is 5.44. The molecule has 1 aromatic carbocycles. The van der Waals surface area contributed by atoms with Crippen LogP contribution in [0.1, 0.15) is 24.2 Å². The summed E-state index contributed by atoms with van der Waals surface area (Å²) in [5.41, 5.74) is 3.49. The fraction of sp³-hybridized carbons (Fsp3) is 0.312. The number of amides is 1. The standard InChI is InChI=1S/C16H18N4O/c1-10-8-11(2)18-16(17-10)20-14-5-3-4-13(9-14)19-15(21)12-6-7-12/h3-5,8-9,12H,6-7H2,1-2H3,(H,19,21)(H,17,18,20). The number of nitrogens with one attached hydrogen (secondary N) is 2. The summed E-state index contributed by atoms with van der Waals surface area (Å²) in [5.74, 6) is 0.873. The first kappa shape index (κ1) is 13.5. The number of carbonyl (C=O) groups is 1. The van der Waals surface area contributed by atoms with E-state index in [-0.39, 0.29) is 11.8 Å². The lowest BCUT2D eigenvalue weighted by Gasteiger charge is -2.09. The lowest BCUT2D eigenvalue weighted by Crippen LogP contribution is -2.13. The predicted molar refractivity (Wildman–Crippen MR) is 82.6 cm³/mol. The van der Waals surface area contributed by atoms with Gasteiger partial charge in [0.25, 0.3) is 0 Å². The molecular formula is C16H18N4O. The summed E-state index contributed by atoms with van der Waals surface area (Å²) in [6.45, 7) is 3.87. The molecule has 0 aliphatic heterocycles. The third-order valence-electron chi connectivity index (χ3n) is 3.32. The largest absolute Gasteiger partial charge is 0.326 e. The van der Waals surface area contributed by atoms with E-state index >= 15 is 0 Å². The second-order valence-electron chi connectivity index (χ2n) is 5.44. The molecule has 5 heteroatoms. The fourth-order valence-electron chi connectivity index (χ4n) is 2.18. The van der Waals surface area contributed by atoms with Gasteiger partial charge in [0.1, 0.15) is 0 Å². The Bertz CT molecular complexity index is 659. The maximum atomic E-state index is 11.8. The average molecular weight is 282 g/mol. The summed E-state index contributed by atoms with van der Waals surface area (Å²) >= 11 is 0. The summed E-state index contributed by atoms with van der Waals surface area (Å²) in [6, 6.07) is 9.52. The molecule has 0 atom stereocenters. The van der Waals surface area contributed by atoms with E-state index in [0.29, 0.717) is 5.95 Å². The van der Waals surface area contributed by atoms with Crippen LogP contribution in [0.25, 0.3) is 0 Å². The van der Waals surface area contributed by atoms with Crippen LogP contribution in [0, 0.1) is 19.8 Å². The van der Waals surface area contributed by atoms with E-state index in [9.17, 15) is 4.79 Å². The van der Waals surface area contributed by atoms with Gasteiger partial charge >= 0.3 is 0 Å². The fourth-order valence-corrected chi connectivity index (χ4v) is 2.18. The zero-order chi connectivity index (χ0) is 14.8. The first-order valence-corrected chi connectivity index (χ1v) is 7.10. The van der Waals surface area contributed by atoms with Crippen molar-refractivity contribution in [2.24, 2.45) is 5.92 Å². The van der Waals surface area contributed by atoms with Gasteiger partial charge in [-0.05, 0) is 51.0 Å². The average Bonchev–Trinajstić information content (AvgIpc) is 3.21. The zero-order valence-corrected chi connectivity index (χ0v) is 12.2. The highest BCUT2D eigenvalue weighted by Crippen LogP contribution is 2.30. The molecule has 108 valence electrons. The number of anilines is 3. The molecule has 2 N–H and O–H groups in total. The van der Waals surface area contributed by atoms with Crippen LogP contribution in [-0.4, -0.2) is 15.9 Å². The summed E-state index contributed by atoms with van der Waals surface area (Å²) in [5, 5.41) is 6.10. The van der Waals surface area contributed by atoms with Gasteiger partial charge in [-0.2, -0.15) is 0 Å². The van der Waals surface area contributed by atoms with Crippen molar-refractivity contribution in [3.8, 4) is 0 Å². The minimum absolute atomic E-state index is 0.106. The molecule has 21 heavy (non-hydrogen) atoms. The SMILES string of the molecule is Cc1cc(C)nc(Nc2cccc(NC(=O)C3CC3)c2)n1. The minimum Gasteiger partial charge on any atom is -0.326 e. The number of aromatic nitrogens is 2. The first-order chi connectivity index (χ1) is 10.1. The molecule has 1 saturated carbocycles. The van der Waals surface area contributed by atoms with Crippen molar-refractivity contribution in [2.45, 2.75) is 26.7 Å². The first-order valence-electron chi connectivity index (χ1n) is 7.10. The number of hydrogen-bond acceptors (Lipinski definition) is 4. The smallest absolute Gasteiger partial charge is 0.227 e. The Morgan fingerprint density at radius 1 is 1.10 bits per heavy atom. The Labute approximate surface area is 123 Å². The molecule has 0 radical (unpaired) electrons. The molecule has 3 rings (SSSR count). The molecule has 5 nitrogen and oxygen atoms in total. The molecule has 1 aliphatic carbocycles. The number of benzene rings is 1. The van der Waals surface area contributed by atoms with E-state index < -0.39 is 0 Å². The third kappa shape index (κ3) is 3.56. The van der Waals surface area contributed by atoms with Crippen molar-refractivity contribution in [3.63, 3.8) is 0 Å². The lowest BCUT2D eigenvalue weighted by molar-refractivity contribution is -0.117. The Kier molecular flexibility index (Phi) is 3.56. The highest BCUT2D eigenvalue weighted by Gasteiger charge is 2.29. The number of carbonyl (C=O) groups excluding carboxylic acids is 1. The number of hydrogen-bond donors (Lipinski definition) is 2. The van der Waals surface area contributed by atoms with Gasteiger partial charge in [0, 0.05) is 28.7 Å². The van der Waals surface area contributed by atoms with Crippen molar-refractivity contribution >= 4 is 23.2 Å². The zero-order valence-electron chi connectivity index (χ0n) is 12.2. The Morgan fingerprint density at radius 3 is 2.43 bits per heavy atom. The normalized spacial score (nSPS) is 13.8. The van der Waals surface area contributed by atoms with Crippen molar-refractivity contribution in [2.75, 3.05) is 10.6 Å². The third-order valence-corrected chi connectivity index (χ3v) is 3.32. The van der Waals surface area contributed by atoms with Crippen LogP contribution >= 0.6 is 0 Å². The van der Waals surface area contributed by atoms with Crippen LogP contribution < -0.4 is 10.6 Å². The van der Waals surface area contributed by atoms with E-state index in [2.05, 4.69) is 20.6 Å². The van der Waals surface area contributed by atoms with Gasteiger partial charge in [-0.3, -0.25) is 4.79 Å². The molecule has 0 bridgehead atoms. The van der Waals surface area contributed by atoms with Gasteiger partial charge in [-0.25, -0.2) is 9.97 Å². The van der Waals surface area contributed by atoms with Crippen LogP contribution in [0.15, 0.2) is 30.3 Å². The predicted octanol–water partition coefficient (Wildman–Crippen LogP) is 3.19. The summed E-state index contributed by atoms with van der Waals surface area (Å²) < 4.78 is 0. The van der Waals surface area contributed by atoms with Crippen LogP contribution in [0.3, 0.4) is 0 Å². The Balaban J connectivity index is 1.74. The molecule has 1 fully saturated rings. The molecule has 1 amide bonds. The monoisotopic (exact) mass is 282 g/mol. The van der Waals surface area contributed by atoms with Gasteiger partial charge in [-0.1, -0.05) is 6.07 Å². The summed E-state index contributed by atoms with van der Waals surface area (Å²) in [7, 11) is 0. The highest BCUT2D eigenvalue weighted by molar-refractivity contribution is 5.94. The molecule has 2 aromatic rings. The van der Waals surface area contributed by atoms with Gasteiger partial charge in [-0.15, -0.1) is 0 Å². The minimum atomic E-state index is 0.106. The van der Waals surface area contributed by atoms with Gasteiger partial charge in [0.15, 0.2) is 0 Å². The van der Waals surface area contributed by atoms with Crippen LogP contribution in [0.2, 0.25) is 0 Å². The van der Waals surface area contributed by atoms with Gasteiger partial charge in [0.05, 0.1) is 0 Å². The van der Waals surface area contributed by atoms with Crippen molar-refractivity contribution in [3.05, 3.63) is 41.7 Å². The molecule has 1 aliphatic rings. The van der Waals surface area contributed by atoms with Crippen molar-refractivity contribution in [1.82, 2.24) is 9.97 Å². The van der Waals surface area contributed by atoms with E-state index in [1.54, 1.807) is 0 Å². The molecule has 0 unspecified atom stereocenters. The number of nitrogens with zero attached hydrogens (tertiary/aromatic N) is 2. The van der Waals surface area contributed by atoms with E-state index in [4.69, 9.17) is 0 Å². The Morgan fingerprint density at radius 2 is 1.76 bits per heavy atom. The lowest BCUT2D eigenvalue weighted by atomic mass is 10.2. The van der Waals surface area contributed by atoms with E-state index in [1.807, 2.05) is 44.2 Å². The summed E-state index contributed by atoms with van der Waals surface area (Å²) in [6.07, 6.45) is 2.00. The van der Waals surface area contributed by atoms with Gasteiger partial charge in [0.2, 0.25) is 11.9 Å². The van der Waals surface area contributed by atoms with Crippen LogP contribution in [0.5, 0.6) is 0 Å². The molecule has 0 saturated heterocycles. The molecular weight excluding hydrogens is 264 g/mol. The van der Waals surface area contributed by atoms with Crippen molar-refractivity contribution in [1.29, 1.82) is 0 Å². The van der Waals surface area contributed by atoms with Crippen LogP contribution in [-0.2, 0) is 4.79 Å². The maximum Gasteiger partial charge on any atom is 0.227 e. The quantitative estimate of drug-likeness (QED) is 0.903. The topological polar surface area (TPSA) is 66.9 Å². The van der Waals surface area contributed by atoms with Gasteiger partial charge < -0.3 is 10.6 Å². The number of aryl methyl sites for hydroxylation is 2. The Hall–Kier alpha value is -2.43. The van der Waals surface area contributed by atoms with Crippen molar-refractivity contribution < 1.29 is 4.79 Å². The molecule has 0 spiro atoms.